The molecule has 0 saturated carbocycles. The third-order valence-corrected chi connectivity index (χ3v) is 8.38. The van der Waals surface area contributed by atoms with Gasteiger partial charge in [0.15, 0.2) is 0 Å². The van der Waals surface area contributed by atoms with Crippen molar-refractivity contribution in [3.05, 3.63) is 48.0 Å². The smallest absolute Gasteiger partial charge is 0.271 e. The Bertz CT molecular complexity index is 764. The Hall–Kier alpha value is -1.21. The van der Waals surface area contributed by atoms with Gasteiger partial charge in [0.1, 0.15) is 5.25 Å². The van der Waals surface area contributed by atoms with Crippen LogP contribution in [0.25, 0.3) is 10.8 Å². The Balaban J connectivity index is 1.89. The van der Waals surface area contributed by atoms with Gasteiger partial charge in [0.25, 0.3) is 10.1 Å². The van der Waals surface area contributed by atoms with Crippen LogP contribution in [0.1, 0.15) is 30.1 Å². The molecule has 1 saturated heterocycles. The third-order valence-electron chi connectivity index (χ3n) is 4.55. The molecule has 0 bridgehead atoms. The van der Waals surface area contributed by atoms with Crippen molar-refractivity contribution in [1.82, 2.24) is 0 Å². The van der Waals surface area contributed by atoms with E-state index in [9.17, 15) is 13.0 Å². The predicted octanol–water partition coefficient (Wildman–Crippen LogP) is 2.88. The van der Waals surface area contributed by atoms with Crippen molar-refractivity contribution in [3.63, 3.8) is 0 Å². The zero-order valence-corrected chi connectivity index (χ0v) is 15.2. The van der Waals surface area contributed by atoms with E-state index in [-0.39, 0.29) is 5.73 Å². The van der Waals surface area contributed by atoms with Crippen molar-refractivity contribution in [2.45, 2.75) is 36.3 Å². The largest absolute Gasteiger partial charge is 0.382 e. The first-order chi connectivity index (χ1) is 11.1. The Morgan fingerprint density at radius 1 is 1.17 bits per heavy atom. The number of hydrogen-bond acceptors (Lipinski definition) is 3. The van der Waals surface area contributed by atoms with Crippen molar-refractivity contribution in [2.75, 3.05) is 6.61 Å². The lowest BCUT2D eigenvalue weighted by Crippen LogP contribution is -2.27. The van der Waals surface area contributed by atoms with Crippen LogP contribution < -0.4 is 0 Å². The molecule has 1 aliphatic heterocycles. The molecule has 1 aliphatic rings. The summed E-state index contributed by atoms with van der Waals surface area (Å²) < 4.78 is 39.5. The zero-order chi connectivity index (χ0) is 16.3. The summed E-state index contributed by atoms with van der Waals surface area (Å²) in [5.41, 5.74) is 0.942. The number of benzene rings is 2. The van der Waals surface area contributed by atoms with Crippen LogP contribution in [0.15, 0.2) is 42.5 Å². The maximum absolute atomic E-state index is 12.0. The Morgan fingerprint density at radius 3 is 2.70 bits per heavy atom. The zero-order valence-electron chi connectivity index (χ0n) is 13.0. The third kappa shape index (κ3) is 4.01. The quantitative estimate of drug-likeness (QED) is 0.665. The number of fused-ring (bicyclic) bond motifs is 1. The van der Waals surface area contributed by atoms with E-state index in [2.05, 4.69) is 0 Å². The highest BCUT2D eigenvalue weighted by Gasteiger charge is 2.28. The van der Waals surface area contributed by atoms with E-state index in [0.29, 0.717) is 11.6 Å². The first kappa shape index (κ1) is 16.6. The standard InChI is InChI=1S/C17H22O4SSi/c18-22(19,20)16(12-23-17-10-3-4-11-21-17)15-9-5-7-13-6-1-2-8-14(13)15/h1-2,5-9,16-17H,3-4,10-12,23H2,(H,18,19,20). The molecule has 6 heteroatoms. The van der Waals surface area contributed by atoms with Gasteiger partial charge in [-0.3, -0.25) is 4.55 Å². The molecule has 1 N–H and O–H groups in total. The van der Waals surface area contributed by atoms with Crippen LogP contribution in [0, 0.1) is 0 Å². The van der Waals surface area contributed by atoms with Crippen LogP contribution in [0.2, 0.25) is 6.04 Å². The van der Waals surface area contributed by atoms with Gasteiger partial charge >= 0.3 is 0 Å². The summed E-state index contributed by atoms with van der Waals surface area (Å²) >= 11 is 0. The number of ether oxygens (including phenoxy) is 1. The Labute approximate surface area is 139 Å². The molecule has 23 heavy (non-hydrogen) atoms. The minimum Gasteiger partial charge on any atom is -0.382 e. The van der Waals surface area contributed by atoms with E-state index in [1.54, 1.807) is 0 Å². The molecule has 124 valence electrons. The van der Waals surface area contributed by atoms with Gasteiger partial charge in [-0.1, -0.05) is 42.5 Å². The van der Waals surface area contributed by atoms with Gasteiger partial charge in [-0.2, -0.15) is 8.42 Å². The summed E-state index contributed by atoms with van der Waals surface area (Å²) in [5, 5.41) is 1.05. The van der Waals surface area contributed by atoms with Crippen LogP contribution in [0.4, 0.5) is 0 Å². The molecule has 2 atom stereocenters. The second kappa shape index (κ2) is 7.13. The van der Waals surface area contributed by atoms with Crippen molar-refractivity contribution >= 4 is 30.4 Å². The van der Waals surface area contributed by atoms with Gasteiger partial charge in [-0.25, -0.2) is 0 Å². The molecule has 0 radical (unpaired) electrons. The van der Waals surface area contributed by atoms with E-state index < -0.39 is 24.9 Å². The van der Waals surface area contributed by atoms with E-state index >= 15 is 0 Å². The molecule has 4 nitrogen and oxygen atoms in total. The molecule has 2 unspecified atom stereocenters. The monoisotopic (exact) mass is 350 g/mol. The van der Waals surface area contributed by atoms with Gasteiger partial charge in [0.05, 0.1) is 9.52 Å². The summed E-state index contributed by atoms with van der Waals surface area (Å²) in [7, 11) is -4.86. The summed E-state index contributed by atoms with van der Waals surface area (Å²) in [6.45, 7) is 0.780. The van der Waals surface area contributed by atoms with E-state index in [1.165, 1.54) is 0 Å². The van der Waals surface area contributed by atoms with Gasteiger partial charge in [0.2, 0.25) is 0 Å². The van der Waals surface area contributed by atoms with E-state index in [4.69, 9.17) is 4.74 Å². The molecule has 0 amide bonds. The van der Waals surface area contributed by atoms with Crippen molar-refractivity contribution in [1.29, 1.82) is 0 Å². The van der Waals surface area contributed by atoms with Crippen molar-refractivity contribution in [2.24, 2.45) is 0 Å². The van der Waals surface area contributed by atoms with Crippen LogP contribution in [0.5, 0.6) is 0 Å². The molecule has 2 aromatic rings. The molecule has 1 heterocycles. The Kier molecular flexibility index (Phi) is 5.16. The highest BCUT2D eigenvalue weighted by Crippen LogP contribution is 2.32. The lowest BCUT2D eigenvalue weighted by Gasteiger charge is -2.24. The topological polar surface area (TPSA) is 63.6 Å². The normalized spacial score (nSPS) is 21.0. The fourth-order valence-electron chi connectivity index (χ4n) is 3.37. The minimum atomic E-state index is -4.13. The molecule has 2 aromatic carbocycles. The highest BCUT2D eigenvalue weighted by molar-refractivity contribution is 7.86. The summed E-state index contributed by atoms with van der Waals surface area (Å²) in [6, 6.07) is 13.8. The first-order valence-corrected chi connectivity index (χ1v) is 11.4. The summed E-state index contributed by atoms with van der Waals surface area (Å²) in [6.07, 6.45) is 3.28. The minimum absolute atomic E-state index is 0.239. The molecule has 0 aliphatic carbocycles. The maximum Gasteiger partial charge on any atom is 0.271 e. The fourth-order valence-corrected chi connectivity index (χ4v) is 7.39. The van der Waals surface area contributed by atoms with Crippen molar-refractivity contribution in [3.8, 4) is 0 Å². The molecular weight excluding hydrogens is 328 g/mol. The van der Waals surface area contributed by atoms with E-state index in [0.717, 1.165) is 36.6 Å². The second-order valence-corrected chi connectivity index (χ2v) is 9.80. The fraction of sp³-hybridized carbons (Fsp3) is 0.412. The van der Waals surface area contributed by atoms with Gasteiger partial charge in [-0.15, -0.1) is 0 Å². The van der Waals surface area contributed by atoms with Crippen LogP contribution in [-0.2, 0) is 14.9 Å². The molecule has 1 fully saturated rings. The predicted molar refractivity (Wildman–Crippen MR) is 95.2 cm³/mol. The highest BCUT2D eigenvalue weighted by atomic mass is 32.2. The molecule has 0 spiro atoms. The van der Waals surface area contributed by atoms with Crippen LogP contribution in [-0.4, -0.2) is 34.8 Å². The number of hydrogen-bond donors (Lipinski definition) is 1. The van der Waals surface area contributed by atoms with Crippen molar-refractivity contribution < 1.29 is 17.7 Å². The SMILES string of the molecule is O=S(=O)(O)C(C[SiH2]C1CCCCO1)c1cccc2ccccc12. The average Bonchev–Trinajstić information content (AvgIpc) is 2.55. The van der Waals surface area contributed by atoms with Crippen LogP contribution >= 0.6 is 0 Å². The van der Waals surface area contributed by atoms with Crippen LogP contribution in [0.3, 0.4) is 0 Å². The Morgan fingerprint density at radius 2 is 1.96 bits per heavy atom. The summed E-state index contributed by atoms with van der Waals surface area (Å²) in [5.74, 6) is 0. The average molecular weight is 351 g/mol. The first-order valence-electron chi connectivity index (χ1n) is 8.11. The molecule has 0 aromatic heterocycles. The lowest BCUT2D eigenvalue weighted by molar-refractivity contribution is 0.0650. The maximum atomic E-state index is 12.0. The van der Waals surface area contributed by atoms with Gasteiger partial charge in [0, 0.05) is 12.3 Å². The van der Waals surface area contributed by atoms with E-state index in [1.807, 2.05) is 42.5 Å². The summed E-state index contributed by atoms with van der Waals surface area (Å²) in [4.78, 5) is 0. The lowest BCUT2D eigenvalue weighted by atomic mass is 10.0. The number of rotatable bonds is 5. The molecular formula is C17H22O4SSi. The molecule has 3 rings (SSSR count). The van der Waals surface area contributed by atoms with Gasteiger partial charge in [-0.05, 0) is 41.6 Å². The van der Waals surface area contributed by atoms with Gasteiger partial charge < -0.3 is 4.74 Å². The second-order valence-electron chi connectivity index (χ2n) is 6.14.